The average molecular weight is 866 g/mol. The molecule has 2 aliphatic carbocycles. The second-order valence-corrected chi connectivity index (χ2v) is 17.9. The molecule has 1 atom stereocenters. The Bertz CT molecular complexity index is 3870. The van der Waals surface area contributed by atoms with Gasteiger partial charge in [-0.2, -0.15) is 0 Å². The molecule has 11 aromatic carbocycles. The lowest BCUT2D eigenvalue weighted by atomic mass is 9.69. The number of hydrogen-bond donors (Lipinski definition) is 0. The summed E-state index contributed by atoms with van der Waals surface area (Å²) in [5.74, 6) is 0. The summed E-state index contributed by atoms with van der Waals surface area (Å²) in [6.07, 6.45) is 0. The highest BCUT2D eigenvalue weighted by atomic mass is 15.2. The van der Waals surface area contributed by atoms with E-state index >= 15 is 0 Å². The van der Waals surface area contributed by atoms with Gasteiger partial charge in [0.2, 0.25) is 0 Å². The van der Waals surface area contributed by atoms with Crippen LogP contribution in [0, 0.1) is 0 Å². The summed E-state index contributed by atoms with van der Waals surface area (Å²) < 4.78 is 2.43. The third kappa shape index (κ3) is 5.36. The van der Waals surface area contributed by atoms with Crippen molar-refractivity contribution < 1.29 is 0 Å². The van der Waals surface area contributed by atoms with E-state index in [1.807, 2.05) is 0 Å². The fraction of sp³-hybridized carbons (Fsp3) is 0.0154. The van der Waals surface area contributed by atoms with Gasteiger partial charge >= 0.3 is 0 Å². The van der Waals surface area contributed by atoms with Gasteiger partial charge in [0, 0.05) is 44.6 Å². The van der Waals surface area contributed by atoms with E-state index in [2.05, 4.69) is 275 Å². The van der Waals surface area contributed by atoms with Gasteiger partial charge in [-0.3, -0.25) is 0 Å². The van der Waals surface area contributed by atoms with Crippen molar-refractivity contribution in [2.24, 2.45) is 0 Å². The summed E-state index contributed by atoms with van der Waals surface area (Å²) in [6, 6.07) is 96.2. The highest BCUT2D eigenvalue weighted by Crippen LogP contribution is 2.68. The first-order valence-corrected chi connectivity index (χ1v) is 23.5. The number of anilines is 6. The molecule has 1 unspecified atom stereocenters. The van der Waals surface area contributed by atoms with Gasteiger partial charge in [0.05, 0.1) is 33.5 Å². The molecule has 2 aliphatic rings. The monoisotopic (exact) mass is 865 g/mol. The number of hydrogen-bond acceptors (Lipinski definition) is 2. The van der Waals surface area contributed by atoms with E-state index in [0.717, 1.165) is 45.3 Å². The van der Waals surface area contributed by atoms with Crippen molar-refractivity contribution in [2.45, 2.75) is 5.41 Å². The van der Waals surface area contributed by atoms with E-state index in [9.17, 15) is 0 Å². The highest BCUT2D eigenvalue weighted by Gasteiger charge is 2.55. The second-order valence-electron chi connectivity index (χ2n) is 17.9. The number of para-hydroxylation sites is 5. The summed E-state index contributed by atoms with van der Waals surface area (Å²) in [5, 5.41) is 4.87. The molecule has 0 N–H and O–H groups in total. The van der Waals surface area contributed by atoms with E-state index < -0.39 is 5.41 Å². The third-order valence-corrected chi connectivity index (χ3v) is 14.5. The highest BCUT2D eigenvalue weighted by molar-refractivity contribution is 6.18. The molecule has 1 heterocycles. The summed E-state index contributed by atoms with van der Waals surface area (Å²) in [5.41, 5.74) is 19.7. The largest absolute Gasteiger partial charge is 0.310 e. The van der Waals surface area contributed by atoms with Crippen molar-refractivity contribution in [3.63, 3.8) is 0 Å². The lowest BCUT2D eigenvalue weighted by Gasteiger charge is -2.36. The molecule has 0 bridgehead atoms. The van der Waals surface area contributed by atoms with E-state index in [0.29, 0.717) is 0 Å². The van der Waals surface area contributed by atoms with Crippen LogP contribution in [0.4, 0.5) is 34.1 Å². The minimum Gasteiger partial charge on any atom is -0.310 e. The van der Waals surface area contributed by atoms with E-state index in [-0.39, 0.29) is 0 Å². The maximum atomic E-state index is 2.58. The summed E-state index contributed by atoms with van der Waals surface area (Å²) in [7, 11) is 0. The Morgan fingerprint density at radius 2 is 0.809 bits per heavy atom. The maximum Gasteiger partial charge on any atom is 0.0747 e. The molecule has 1 aromatic heterocycles. The first kappa shape index (κ1) is 38.4. The number of rotatable bonds is 7. The van der Waals surface area contributed by atoms with Gasteiger partial charge in [0.25, 0.3) is 0 Å². The average Bonchev–Trinajstić information content (AvgIpc) is 4.03. The van der Waals surface area contributed by atoms with Crippen LogP contribution in [0.25, 0.3) is 60.5 Å². The molecule has 0 aliphatic heterocycles. The van der Waals surface area contributed by atoms with Gasteiger partial charge < -0.3 is 14.4 Å². The fourth-order valence-electron chi connectivity index (χ4n) is 12.0. The van der Waals surface area contributed by atoms with E-state index in [1.165, 1.54) is 71.6 Å². The van der Waals surface area contributed by atoms with Crippen LogP contribution in [0.5, 0.6) is 0 Å². The standard InChI is InChI=1S/C65H43N3/c1-5-24-45(25-6-1)66(46-26-7-2-8-27-46)57-40-21-38-55-62(57)51-34-16-19-37-54(51)65(55)53-36-18-15-33-50(53)61-49-32-14-13-23-44(49)43-60(64(61)65)68(48-30-11-4-12-31-48)59-42-22-41-58-63(59)52-35-17-20-39-56(52)67(58)47-28-9-3-10-29-47/h1-43H. The first-order valence-electron chi connectivity index (χ1n) is 23.5. The van der Waals surface area contributed by atoms with Crippen LogP contribution in [0.1, 0.15) is 22.3 Å². The Labute approximate surface area is 395 Å². The zero-order chi connectivity index (χ0) is 44.8. The van der Waals surface area contributed by atoms with Gasteiger partial charge in [0.1, 0.15) is 0 Å². The normalized spacial score (nSPS) is 14.2. The van der Waals surface area contributed by atoms with E-state index in [4.69, 9.17) is 0 Å². The van der Waals surface area contributed by atoms with Crippen LogP contribution in [0.3, 0.4) is 0 Å². The van der Waals surface area contributed by atoms with Crippen LogP contribution in [-0.4, -0.2) is 4.57 Å². The fourth-order valence-corrected chi connectivity index (χ4v) is 12.0. The number of nitrogens with zero attached hydrogens (tertiary/aromatic N) is 3. The quantitative estimate of drug-likeness (QED) is 0.158. The second kappa shape index (κ2) is 15.1. The molecule has 3 nitrogen and oxygen atoms in total. The third-order valence-electron chi connectivity index (χ3n) is 14.5. The minimum atomic E-state index is -0.689. The molecule has 3 heteroatoms. The van der Waals surface area contributed by atoms with Crippen molar-refractivity contribution in [3.8, 4) is 27.9 Å². The van der Waals surface area contributed by atoms with E-state index in [1.54, 1.807) is 0 Å². The Balaban J connectivity index is 1.14. The molecule has 12 aromatic rings. The van der Waals surface area contributed by atoms with Crippen LogP contribution < -0.4 is 9.80 Å². The number of fused-ring (bicyclic) bond motifs is 15. The van der Waals surface area contributed by atoms with Crippen LogP contribution in [-0.2, 0) is 5.41 Å². The molecular formula is C65H43N3. The Hall–Kier alpha value is -8.92. The number of aromatic nitrogens is 1. The zero-order valence-electron chi connectivity index (χ0n) is 37.2. The molecule has 0 radical (unpaired) electrons. The summed E-state index contributed by atoms with van der Waals surface area (Å²) in [6.45, 7) is 0. The topological polar surface area (TPSA) is 11.4 Å². The van der Waals surface area contributed by atoms with Gasteiger partial charge in [-0.25, -0.2) is 0 Å². The molecule has 0 amide bonds. The molecule has 68 heavy (non-hydrogen) atoms. The molecule has 0 saturated carbocycles. The van der Waals surface area contributed by atoms with Gasteiger partial charge in [-0.1, -0.05) is 182 Å². The maximum absolute atomic E-state index is 2.58. The Morgan fingerprint density at radius 1 is 0.324 bits per heavy atom. The van der Waals surface area contributed by atoms with Gasteiger partial charge in [-0.05, 0) is 123 Å². The molecule has 318 valence electrons. The summed E-state index contributed by atoms with van der Waals surface area (Å²) in [4.78, 5) is 5.02. The Kier molecular flexibility index (Phi) is 8.50. The van der Waals surface area contributed by atoms with Crippen molar-refractivity contribution in [1.29, 1.82) is 0 Å². The zero-order valence-corrected chi connectivity index (χ0v) is 37.2. The first-order chi connectivity index (χ1) is 33.8. The molecule has 14 rings (SSSR count). The van der Waals surface area contributed by atoms with Crippen LogP contribution >= 0.6 is 0 Å². The smallest absolute Gasteiger partial charge is 0.0747 e. The Morgan fingerprint density at radius 3 is 1.49 bits per heavy atom. The number of benzene rings is 11. The van der Waals surface area contributed by atoms with Crippen molar-refractivity contribution >= 4 is 66.7 Å². The van der Waals surface area contributed by atoms with Crippen molar-refractivity contribution in [1.82, 2.24) is 4.57 Å². The minimum absolute atomic E-state index is 0.689. The molecule has 0 saturated heterocycles. The SMILES string of the molecule is c1ccc(N(c2ccccc2)c2cccc3c2-c2ccccc2C32c3ccccc3-c3c2c(N(c2ccccc2)c2cccc4c2c2ccccc2n4-c2ccccc2)cc2ccccc32)cc1. The van der Waals surface area contributed by atoms with Crippen molar-refractivity contribution in [3.05, 3.63) is 283 Å². The van der Waals surface area contributed by atoms with Gasteiger partial charge in [-0.15, -0.1) is 0 Å². The lowest BCUT2D eigenvalue weighted by Crippen LogP contribution is -2.28. The summed E-state index contributed by atoms with van der Waals surface area (Å²) >= 11 is 0. The van der Waals surface area contributed by atoms with Crippen LogP contribution in [0.15, 0.2) is 261 Å². The molecule has 1 spiro atoms. The van der Waals surface area contributed by atoms with Crippen molar-refractivity contribution in [2.75, 3.05) is 9.80 Å². The molecule has 0 fully saturated rings. The van der Waals surface area contributed by atoms with Crippen LogP contribution in [0.2, 0.25) is 0 Å². The molecular weight excluding hydrogens is 823 g/mol. The lowest BCUT2D eigenvalue weighted by molar-refractivity contribution is 0.793. The predicted octanol–water partition coefficient (Wildman–Crippen LogP) is 17.2. The predicted molar refractivity (Wildman–Crippen MR) is 284 cm³/mol. The van der Waals surface area contributed by atoms with Gasteiger partial charge in [0.15, 0.2) is 0 Å².